The summed E-state index contributed by atoms with van der Waals surface area (Å²) >= 11 is 0. The van der Waals surface area contributed by atoms with Crippen molar-refractivity contribution >= 4 is 0 Å². The van der Waals surface area contributed by atoms with E-state index >= 15 is 0 Å². The summed E-state index contributed by atoms with van der Waals surface area (Å²) in [6.45, 7) is 2.36. The molecule has 0 aromatic carbocycles. The second-order valence-electron chi connectivity index (χ2n) is 7.38. The van der Waals surface area contributed by atoms with Crippen molar-refractivity contribution in [1.29, 1.82) is 0 Å². The van der Waals surface area contributed by atoms with Gasteiger partial charge in [-0.25, -0.2) is 0 Å². The van der Waals surface area contributed by atoms with Crippen LogP contribution in [0.3, 0.4) is 0 Å². The monoisotopic (exact) mass is 267 g/mol. The molecule has 2 nitrogen and oxygen atoms in total. The van der Waals surface area contributed by atoms with Gasteiger partial charge in [0.15, 0.2) is 0 Å². The van der Waals surface area contributed by atoms with E-state index in [-0.39, 0.29) is 11.6 Å². The molecular weight excluding hydrogens is 234 g/mol. The van der Waals surface area contributed by atoms with E-state index in [0.29, 0.717) is 5.92 Å². The summed E-state index contributed by atoms with van der Waals surface area (Å²) in [7, 11) is 4.36. The summed E-state index contributed by atoms with van der Waals surface area (Å²) in [6.07, 6.45) is 12.6. The lowest BCUT2D eigenvalue weighted by atomic mass is 9.71. The van der Waals surface area contributed by atoms with Crippen LogP contribution in [0.15, 0.2) is 0 Å². The number of rotatable bonds is 3. The Morgan fingerprint density at radius 1 is 0.947 bits per heavy atom. The van der Waals surface area contributed by atoms with E-state index in [2.05, 4.69) is 25.9 Å². The lowest BCUT2D eigenvalue weighted by molar-refractivity contribution is -0.0617. The molecule has 112 valence electrons. The molecule has 0 bridgehead atoms. The predicted molar refractivity (Wildman–Crippen MR) is 81.2 cm³/mol. The summed E-state index contributed by atoms with van der Waals surface area (Å²) in [5.41, 5.74) is 0.0573. The zero-order chi connectivity index (χ0) is 13.9. The molecule has 2 heteroatoms. The van der Waals surface area contributed by atoms with Crippen LogP contribution in [0.25, 0.3) is 0 Å². The quantitative estimate of drug-likeness (QED) is 0.786. The highest BCUT2D eigenvalue weighted by Gasteiger charge is 2.44. The largest absolute Gasteiger partial charge is 0.391 e. The maximum atomic E-state index is 11.1. The molecule has 0 heterocycles. The Morgan fingerprint density at radius 3 is 1.95 bits per heavy atom. The third-order valence-corrected chi connectivity index (χ3v) is 5.92. The van der Waals surface area contributed by atoms with Crippen LogP contribution in [-0.2, 0) is 0 Å². The second-order valence-corrected chi connectivity index (χ2v) is 7.38. The molecule has 2 saturated carbocycles. The van der Waals surface area contributed by atoms with E-state index in [1.54, 1.807) is 0 Å². The molecular formula is C17H33NO. The Balaban J connectivity index is 2.09. The number of likely N-dealkylation sites (N-methyl/N-ethyl adjacent to an activating group) is 1. The number of hydrogen-bond donors (Lipinski definition) is 1. The molecule has 0 spiro atoms. The molecule has 2 aliphatic carbocycles. The zero-order valence-electron chi connectivity index (χ0n) is 13.2. The first-order chi connectivity index (χ1) is 9.06. The smallest absolute Gasteiger partial charge is 0.0751 e. The number of aliphatic hydroxyl groups is 1. The van der Waals surface area contributed by atoms with Crippen molar-refractivity contribution in [3.8, 4) is 0 Å². The van der Waals surface area contributed by atoms with Crippen LogP contribution in [-0.4, -0.2) is 35.7 Å². The Morgan fingerprint density at radius 2 is 1.47 bits per heavy atom. The average molecular weight is 267 g/mol. The molecule has 2 aliphatic rings. The topological polar surface area (TPSA) is 23.5 Å². The molecule has 2 fully saturated rings. The van der Waals surface area contributed by atoms with E-state index in [1.807, 2.05) is 0 Å². The van der Waals surface area contributed by atoms with Crippen molar-refractivity contribution in [3.63, 3.8) is 0 Å². The highest BCUT2D eigenvalue weighted by molar-refractivity contribution is 4.99. The van der Waals surface area contributed by atoms with Crippen molar-refractivity contribution in [2.24, 2.45) is 11.8 Å². The van der Waals surface area contributed by atoms with E-state index in [9.17, 15) is 5.11 Å². The van der Waals surface area contributed by atoms with Crippen molar-refractivity contribution in [1.82, 2.24) is 4.90 Å². The molecule has 0 aliphatic heterocycles. The second kappa shape index (κ2) is 6.58. The fourth-order valence-corrected chi connectivity index (χ4v) is 4.39. The van der Waals surface area contributed by atoms with E-state index in [1.165, 1.54) is 64.2 Å². The molecule has 1 atom stereocenters. The standard InChI is InChI=1S/C17H33NO/c1-14-8-10-15(11-9-14)16(19)17(18(2)3)12-6-4-5-7-13-17/h14-16,19H,4-13H2,1-3H3. The van der Waals surface area contributed by atoms with Gasteiger partial charge in [-0.2, -0.15) is 0 Å². The molecule has 0 aromatic rings. The van der Waals surface area contributed by atoms with Crippen LogP contribution in [0.2, 0.25) is 0 Å². The molecule has 1 unspecified atom stereocenters. The lowest BCUT2D eigenvalue weighted by Crippen LogP contribution is -2.56. The summed E-state index contributed by atoms with van der Waals surface area (Å²) in [5, 5.41) is 11.1. The first kappa shape index (κ1) is 15.3. The maximum Gasteiger partial charge on any atom is 0.0751 e. The van der Waals surface area contributed by atoms with Gasteiger partial charge in [-0.05, 0) is 51.6 Å². The zero-order valence-corrected chi connectivity index (χ0v) is 13.2. The average Bonchev–Trinajstić information content (AvgIpc) is 2.65. The molecule has 1 N–H and O–H groups in total. The SMILES string of the molecule is CC1CCC(C(O)C2(N(C)C)CCCCCC2)CC1. The first-order valence-electron chi connectivity index (χ1n) is 8.42. The van der Waals surface area contributed by atoms with Crippen molar-refractivity contribution < 1.29 is 5.11 Å². The molecule has 0 aromatic heterocycles. The minimum Gasteiger partial charge on any atom is -0.391 e. The number of aliphatic hydroxyl groups excluding tert-OH is 1. The van der Waals surface area contributed by atoms with Crippen LogP contribution in [0.4, 0.5) is 0 Å². The fraction of sp³-hybridized carbons (Fsp3) is 1.00. The minimum atomic E-state index is -0.118. The molecule has 2 rings (SSSR count). The summed E-state index contributed by atoms with van der Waals surface area (Å²) < 4.78 is 0. The normalized spacial score (nSPS) is 33.9. The van der Waals surface area contributed by atoms with Crippen LogP contribution in [0.1, 0.15) is 71.1 Å². The van der Waals surface area contributed by atoms with Crippen LogP contribution >= 0.6 is 0 Å². The molecule has 0 saturated heterocycles. The summed E-state index contributed by atoms with van der Waals surface area (Å²) in [6, 6.07) is 0. The van der Waals surface area contributed by atoms with Gasteiger partial charge in [0.25, 0.3) is 0 Å². The Kier molecular flexibility index (Phi) is 5.30. The van der Waals surface area contributed by atoms with E-state index in [0.717, 1.165) is 5.92 Å². The van der Waals surface area contributed by atoms with E-state index < -0.39 is 0 Å². The van der Waals surface area contributed by atoms with Gasteiger partial charge in [-0.3, -0.25) is 0 Å². The van der Waals surface area contributed by atoms with Crippen molar-refractivity contribution in [2.75, 3.05) is 14.1 Å². The van der Waals surface area contributed by atoms with Gasteiger partial charge in [0.05, 0.1) is 6.10 Å². The van der Waals surface area contributed by atoms with Gasteiger partial charge in [-0.1, -0.05) is 45.4 Å². The van der Waals surface area contributed by atoms with Gasteiger partial charge < -0.3 is 10.0 Å². The van der Waals surface area contributed by atoms with Crippen molar-refractivity contribution in [3.05, 3.63) is 0 Å². The third-order valence-electron chi connectivity index (χ3n) is 5.92. The number of nitrogens with zero attached hydrogens (tertiary/aromatic N) is 1. The first-order valence-corrected chi connectivity index (χ1v) is 8.42. The predicted octanol–water partition coefficient (Wildman–Crippen LogP) is 3.83. The van der Waals surface area contributed by atoms with Crippen LogP contribution in [0, 0.1) is 11.8 Å². The molecule has 19 heavy (non-hydrogen) atoms. The Hall–Kier alpha value is -0.0800. The van der Waals surface area contributed by atoms with Gasteiger partial charge in [-0.15, -0.1) is 0 Å². The highest BCUT2D eigenvalue weighted by Crippen LogP contribution is 2.41. The van der Waals surface area contributed by atoms with Crippen molar-refractivity contribution in [2.45, 2.75) is 82.8 Å². The van der Waals surface area contributed by atoms with Crippen LogP contribution in [0.5, 0.6) is 0 Å². The van der Waals surface area contributed by atoms with Gasteiger partial charge >= 0.3 is 0 Å². The number of hydrogen-bond acceptors (Lipinski definition) is 2. The molecule has 0 radical (unpaired) electrons. The van der Waals surface area contributed by atoms with Gasteiger partial charge in [0, 0.05) is 5.54 Å². The molecule has 0 amide bonds. The maximum absolute atomic E-state index is 11.1. The Bertz CT molecular complexity index is 260. The third kappa shape index (κ3) is 3.33. The fourth-order valence-electron chi connectivity index (χ4n) is 4.39. The van der Waals surface area contributed by atoms with E-state index in [4.69, 9.17) is 0 Å². The minimum absolute atomic E-state index is 0.0573. The van der Waals surface area contributed by atoms with Crippen LogP contribution < -0.4 is 0 Å². The highest BCUT2D eigenvalue weighted by atomic mass is 16.3. The van der Waals surface area contributed by atoms with Gasteiger partial charge in [0.1, 0.15) is 0 Å². The summed E-state index contributed by atoms with van der Waals surface area (Å²) in [4.78, 5) is 2.35. The van der Waals surface area contributed by atoms with Gasteiger partial charge in [0.2, 0.25) is 0 Å². The lowest BCUT2D eigenvalue weighted by Gasteiger charge is -2.47. The summed E-state index contributed by atoms with van der Waals surface area (Å²) in [5.74, 6) is 1.41. The Labute approximate surface area is 119 Å².